The lowest BCUT2D eigenvalue weighted by Crippen LogP contribution is -2.16. The number of hydrogen-bond acceptors (Lipinski definition) is 4. The first-order valence-corrected chi connectivity index (χ1v) is 12.4. The van der Waals surface area contributed by atoms with Crippen LogP contribution in [0.3, 0.4) is 0 Å². The van der Waals surface area contributed by atoms with Crippen molar-refractivity contribution in [2.75, 3.05) is 16.3 Å². The average molecular weight is 537 g/mol. The van der Waals surface area contributed by atoms with Gasteiger partial charge in [-0.3, -0.25) is 9.52 Å². The quantitative estimate of drug-likeness (QED) is 0.212. The molecule has 0 radical (unpaired) electrons. The Bertz CT molecular complexity index is 1450. The Hall–Kier alpha value is -3.83. The molecule has 4 N–H and O–H groups in total. The first-order chi connectivity index (χ1) is 16.7. The number of amides is 1. The van der Waals surface area contributed by atoms with Gasteiger partial charge in [-0.2, -0.15) is 13.2 Å². The molecule has 0 saturated carbocycles. The largest absolute Gasteiger partial charge is 0.417 e. The Labute approximate surface area is 210 Å². The molecule has 0 fully saturated rings. The first-order valence-electron chi connectivity index (χ1n) is 10.1. The van der Waals surface area contributed by atoms with Crippen LogP contribution < -0.4 is 15.8 Å². The highest BCUT2D eigenvalue weighted by Gasteiger charge is 2.34. The van der Waals surface area contributed by atoms with Crippen LogP contribution in [0.1, 0.15) is 16.7 Å². The highest BCUT2D eigenvalue weighted by Crippen LogP contribution is 2.35. The topological polar surface area (TPSA) is 114 Å². The van der Waals surface area contributed by atoms with E-state index in [9.17, 15) is 26.4 Å². The molecule has 0 bridgehead atoms. The molecule has 0 saturated heterocycles. The number of sulfonamides is 1. The lowest BCUT2D eigenvalue weighted by atomic mass is 10.00. The number of carbonyl (C=O) groups excluding carboxylic acids is 1. The van der Waals surface area contributed by atoms with Gasteiger partial charge in [-0.1, -0.05) is 36.4 Å². The summed E-state index contributed by atoms with van der Waals surface area (Å²) in [6.45, 7) is 3.52. The van der Waals surface area contributed by atoms with Gasteiger partial charge >= 0.3 is 6.18 Å². The van der Waals surface area contributed by atoms with E-state index in [0.717, 1.165) is 18.4 Å². The molecule has 188 valence electrons. The number of amidine groups is 1. The summed E-state index contributed by atoms with van der Waals surface area (Å²) in [5.74, 6) is -0.783. The Morgan fingerprint density at radius 3 is 2.28 bits per heavy atom. The molecule has 12 heteroatoms. The number of anilines is 2. The van der Waals surface area contributed by atoms with Crippen LogP contribution in [-0.2, 0) is 21.0 Å². The number of carbonyl (C=O) groups is 1. The molecule has 3 aromatic carbocycles. The van der Waals surface area contributed by atoms with Gasteiger partial charge in [0.25, 0.3) is 5.91 Å². The SMILES string of the molecule is C=C(C(=O)Nc1cc(Cl)cc(N=C(N)c2ccc(NS(C)(=O)=O)cc2)c1)c1ccccc1C(F)(F)F. The zero-order valence-electron chi connectivity index (χ0n) is 18.7. The average Bonchev–Trinajstić information content (AvgIpc) is 2.77. The second-order valence-electron chi connectivity index (χ2n) is 7.62. The summed E-state index contributed by atoms with van der Waals surface area (Å²) in [5, 5.41) is 2.67. The summed E-state index contributed by atoms with van der Waals surface area (Å²) < 4.78 is 64.9. The van der Waals surface area contributed by atoms with Crippen molar-refractivity contribution in [2.45, 2.75) is 6.18 Å². The van der Waals surface area contributed by atoms with Gasteiger partial charge in [-0.15, -0.1) is 0 Å². The Morgan fingerprint density at radius 1 is 1.03 bits per heavy atom. The molecule has 0 aliphatic carbocycles. The minimum atomic E-state index is -4.66. The van der Waals surface area contributed by atoms with E-state index in [-0.39, 0.29) is 33.4 Å². The van der Waals surface area contributed by atoms with Gasteiger partial charge in [0.1, 0.15) is 5.84 Å². The third-order valence-corrected chi connectivity index (χ3v) is 5.53. The number of nitrogens with two attached hydrogens (primary N) is 1. The van der Waals surface area contributed by atoms with E-state index in [1.165, 1.54) is 42.5 Å². The molecule has 3 aromatic rings. The van der Waals surface area contributed by atoms with E-state index < -0.39 is 27.7 Å². The number of halogens is 4. The fourth-order valence-corrected chi connectivity index (χ4v) is 3.95. The first kappa shape index (κ1) is 26.8. The molecular weight excluding hydrogens is 517 g/mol. The van der Waals surface area contributed by atoms with Gasteiger partial charge in [0.15, 0.2) is 0 Å². The molecular formula is C24H20ClF3N4O3S. The van der Waals surface area contributed by atoms with Crippen LogP contribution in [0.15, 0.2) is 78.3 Å². The molecule has 0 aliphatic rings. The maximum Gasteiger partial charge on any atom is 0.417 e. The molecule has 0 spiro atoms. The van der Waals surface area contributed by atoms with Crippen LogP contribution in [-0.4, -0.2) is 26.4 Å². The van der Waals surface area contributed by atoms with Crippen molar-refractivity contribution in [2.24, 2.45) is 10.7 Å². The zero-order valence-corrected chi connectivity index (χ0v) is 20.3. The number of alkyl halides is 3. The molecule has 1 amide bonds. The number of nitrogens with one attached hydrogen (secondary N) is 2. The fraction of sp³-hybridized carbons (Fsp3) is 0.0833. The van der Waals surface area contributed by atoms with Crippen LogP contribution in [0.25, 0.3) is 5.57 Å². The Kier molecular flexibility index (Phi) is 7.75. The second-order valence-corrected chi connectivity index (χ2v) is 9.81. The van der Waals surface area contributed by atoms with Gasteiger partial charge < -0.3 is 11.1 Å². The van der Waals surface area contributed by atoms with E-state index in [2.05, 4.69) is 21.6 Å². The van der Waals surface area contributed by atoms with Crippen molar-refractivity contribution in [1.29, 1.82) is 0 Å². The van der Waals surface area contributed by atoms with Crippen molar-refractivity contribution < 1.29 is 26.4 Å². The molecule has 36 heavy (non-hydrogen) atoms. The van der Waals surface area contributed by atoms with Gasteiger partial charge in [0.05, 0.1) is 17.5 Å². The fourth-order valence-electron chi connectivity index (χ4n) is 3.16. The van der Waals surface area contributed by atoms with Gasteiger partial charge in [0, 0.05) is 27.5 Å². The molecule has 0 aliphatic heterocycles. The monoisotopic (exact) mass is 536 g/mol. The number of nitrogens with zero attached hydrogens (tertiary/aromatic N) is 1. The minimum absolute atomic E-state index is 0.0731. The minimum Gasteiger partial charge on any atom is -0.383 e. The van der Waals surface area contributed by atoms with Crippen molar-refractivity contribution in [3.63, 3.8) is 0 Å². The molecule has 0 atom stereocenters. The molecule has 7 nitrogen and oxygen atoms in total. The van der Waals surface area contributed by atoms with Crippen LogP contribution in [0, 0.1) is 0 Å². The van der Waals surface area contributed by atoms with Gasteiger partial charge in [-0.25, -0.2) is 13.4 Å². The summed E-state index contributed by atoms with van der Waals surface area (Å²) >= 11 is 6.13. The van der Waals surface area contributed by atoms with E-state index >= 15 is 0 Å². The molecule has 3 rings (SSSR count). The highest BCUT2D eigenvalue weighted by molar-refractivity contribution is 7.92. The van der Waals surface area contributed by atoms with Crippen molar-refractivity contribution in [3.05, 3.63) is 95.0 Å². The Balaban J connectivity index is 1.82. The number of hydrogen-bond donors (Lipinski definition) is 3. The smallest absolute Gasteiger partial charge is 0.383 e. The molecule has 0 heterocycles. The normalized spacial score (nSPS) is 12.2. The van der Waals surface area contributed by atoms with Gasteiger partial charge in [0.2, 0.25) is 10.0 Å². The summed E-state index contributed by atoms with van der Waals surface area (Å²) in [4.78, 5) is 16.9. The van der Waals surface area contributed by atoms with Crippen LogP contribution in [0.5, 0.6) is 0 Å². The highest BCUT2D eigenvalue weighted by atomic mass is 35.5. The van der Waals surface area contributed by atoms with Crippen LogP contribution >= 0.6 is 11.6 Å². The summed E-state index contributed by atoms with van der Waals surface area (Å²) in [6, 6.07) is 15.0. The third-order valence-electron chi connectivity index (χ3n) is 4.71. The summed E-state index contributed by atoms with van der Waals surface area (Å²) in [7, 11) is -3.43. The summed E-state index contributed by atoms with van der Waals surface area (Å²) in [6.07, 6.45) is -3.63. The number of benzene rings is 3. The van der Waals surface area contributed by atoms with Crippen molar-refractivity contribution >= 4 is 56.0 Å². The van der Waals surface area contributed by atoms with E-state index in [1.807, 2.05) is 0 Å². The van der Waals surface area contributed by atoms with Crippen molar-refractivity contribution in [3.8, 4) is 0 Å². The summed E-state index contributed by atoms with van der Waals surface area (Å²) in [5.41, 5.74) is 5.59. The second kappa shape index (κ2) is 10.4. The maximum absolute atomic E-state index is 13.3. The third kappa shape index (κ3) is 7.09. The molecule has 0 aromatic heterocycles. The Morgan fingerprint density at radius 2 is 1.67 bits per heavy atom. The number of aliphatic imine (C=N–C) groups is 1. The zero-order chi connectivity index (χ0) is 26.7. The van der Waals surface area contributed by atoms with Gasteiger partial charge in [-0.05, 0) is 54.1 Å². The molecule has 0 unspecified atom stereocenters. The number of rotatable bonds is 7. The predicted molar refractivity (Wildman–Crippen MR) is 136 cm³/mol. The van der Waals surface area contributed by atoms with E-state index in [1.54, 1.807) is 12.1 Å². The lowest BCUT2D eigenvalue weighted by Gasteiger charge is -2.14. The predicted octanol–water partition coefficient (Wildman–Crippen LogP) is 5.42. The van der Waals surface area contributed by atoms with Crippen LogP contribution in [0.2, 0.25) is 5.02 Å². The van der Waals surface area contributed by atoms with E-state index in [0.29, 0.717) is 11.3 Å². The van der Waals surface area contributed by atoms with Crippen molar-refractivity contribution in [1.82, 2.24) is 0 Å². The standard InChI is InChI=1S/C24H20ClF3N4O3S/c1-14(20-5-3-4-6-21(20)24(26,27)28)23(33)31-19-12-16(25)11-18(13-19)30-22(29)15-7-9-17(10-8-15)32-36(2,34)35/h3-13,32H,1H2,2H3,(H2,29,30)(H,31,33). The van der Waals surface area contributed by atoms with E-state index in [4.69, 9.17) is 17.3 Å². The maximum atomic E-state index is 13.3. The lowest BCUT2D eigenvalue weighted by molar-refractivity contribution is -0.137. The van der Waals surface area contributed by atoms with Crippen LogP contribution in [0.4, 0.5) is 30.2 Å².